The van der Waals surface area contributed by atoms with Crippen molar-refractivity contribution in [2.45, 2.75) is 58.0 Å². The Kier molecular flexibility index (Phi) is 5.94. The lowest BCUT2D eigenvalue weighted by atomic mass is 9.97. The molecule has 29 heavy (non-hydrogen) atoms. The molecule has 0 saturated carbocycles. The molecule has 2 aliphatic rings. The summed E-state index contributed by atoms with van der Waals surface area (Å²) in [7, 11) is 2.16. The van der Waals surface area contributed by atoms with Gasteiger partial charge in [-0.1, -0.05) is 12.1 Å². The van der Waals surface area contributed by atoms with Crippen LogP contribution in [0.4, 0.5) is 4.39 Å². The van der Waals surface area contributed by atoms with Crippen molar-refractivity contribution in [2.24, 2.45) is 0 Å². The van der Waals surface area contributed by atoms with Crippen LogP contribution >= 0.6 is 0 Å². The fourth-order valence-corrected chi connectivity index (χ4v) is 4.54. The average molecular weight is 400 g/mol. The normalized spacial score (nSPS) is 20.0. The number of carbonyl (C=O) groups excluding carboxylic acids is 1. The zero-order valence-electron chi connectivity index (χ0n) is 17.4. The molecule has 1 aromatic carbocycles. The molecule has 3 heterocycles. The molecule has 4 rings (SSSR count). The minimum atomic E-state index is -0.179. The largest absolute Gasteiger partial charge is 0.333 e. The van der Waals surface area contributed by atoms with E-state index in [1.54, 1.807) is 13.0 Å². The number of carbonyl (C=O) groups is 1. The summed E-state index contributed by atoms with van der Waals surface area (Å²) in [5.74, 6) is 2.42. The second kappa shape index (κ2) is 8.61. The molecule has 0 aliphatic carbocycles. The number of aryl methyl sites for hydroxylation is 2. The van der Waals surface area contributed by atoms with Crippen molar-refractivity contribution in [1.82, 2.24) is 24.6 Å². The highest BCUT2D eigenvalue weighted by Gasteiger charge is 2.29. The van der Waals surface area contributed by atoms with Gasteiger partial charge >= 0.3 is 0 Å². The fourth-order valence-electron chi connectivity index (χ4n) is 4.54. The van der Waals surface area contributed by atoms with E-state index >= 15 is 0 Å². The summed E-state index contributed by atoms with van der Waals surface area (Å²) in [5, 5.41) is 8.88. The first-order valence-electron chi connectivity index (χ1n) is 10.6. The third-order valence-electron chi connectivity index (χ3n) is 6.20. The van der Waals surface area contributed by atoms with E-state index in [-0.39, 0.29) is 11.7 Å². The van der Waals surface area contributed by atoms with Gasteiger partial charge in [-0.25, -0.2) is 4.39 Å². The third-order valence-corrected chi connectivity index (χ3v) is 6.20. The summed E-state index contributed by atoms with van der Waals surface area (Å²) in [6.07, 6.45) is 4.42. The molecule has 6 nitrogen and oxygen atoms in total. The van der Waals surface area contributed by atoms with Crippen molar-refractivity contribution >= 4 is 5.91 Å². The van der Waals surface area contributed by atoms with E-state index in [9.17, 15) is 9.18 Å². The Labute approximate surface area is 171 Å². The first-order chi connectivity index (χ1) is 14.0. The van der Waals surface area contributed by atoms with Crippen molar-refractivity contribution in [1.29, 1.82) is 0 Å². The topological polar surface area (TPSA) is 54.3 Å². The molecule has 0 N–H and O–H groups in total. The molecule has 0 spiro atoms. The summed E-state index contributed by atoms with van der Waals surface area (Å²) in [6, 6.07) is 5.18. The van der Waals surface area contributed by atoms with Crippen molar-refractivity contribution < 1.29 is 9.18 Å². The summed E-state index contributed by atoms with van der Waals surface area (Å²) in [6.45, 7) is 5.99. The van der Waals surface area contributed by atoms with Gasteiger partial charge in [0.1, 0.15) is 11.6 Å². The maximum absolute atomic E-state index is 13.4. The van der Waals surface area contributed by atoms with Gasteiger partial charge in [0.25, 0.3) is 0 Å². The van der Waals surface area contributed by atoms with Crippen LogP contribution in [0.25, 0.3) is 0 Å². The number of aromatic nitrogens is 3. The Bertz CT molecular complexity index is 880. The van der Waals surface area contributed by atoms with Crippen LogP contribution in [-0.4, -0.2) is 57.2 Å². The molecule has 2 aliphatic heterocycles. The van der Waals surface area contributed by atoms with Crippen LogP contribution in [0, 0.1) is 12.7 Å². The highest BCUT2D eigenvalue weighted by atomic mass is 19.1. The molecular weight excluding hydrogens is 369 g/mol. The van der Waals surface area contributed by atoms with Crippen LogP contribution in [0.3, 0.4) is 0 Å². The number of hydrogen-bond donors (Lipinski definition) is 0. The minimum absolute atomic E-state index is 0.164. The Morgan fingerprint density at radius 3 is 2.90 bits per heavy atom. The summed E-state index contributed by atoms with van der Waals surface area (Å²) < 4.78 is 15.6. The second-order valence-electron chi connectivity index (χ2n) is 8.48. The molecule has 0 unspecified atom stereocenters. The lowest BCUT2D eigenvalue weighted by molar-refractivity contribution is -0.132. The SMILES string of the molecule is Cc1cc(CCCC(=O)N2CCn3c(nnc3[C@H]3CCCN(C)C3)C2)ccc1F. The van der Waals surface area contributed by atoms with Crippen molar-refractivity contribution in [2.75, 3.05) is 26.7 Å². The van der Waals surface area contributed by atoms with Gasteiger partial charge in [0.15, 0.2) is 5.82 Å². The second-order valence-corrected chi connectivity index (χ2v) is 8.48. The van der Waals surface area contributed by atoms with Crippen molar-refractivity contribution in [3.63, 3.8) is 0 Å². The van der Waals surface area contributed by atoms with Gasteiger partial charge in [0.2, 0.25) is 5.91 Å². The van der Waals surface area contributed by atoms with Crippen molar-refractivity contribution in [3.05, 3.63) is 46.8 Å². The number of amides is 1. The zero-order valence-corrected chi connectivity index (χ0v) is 17.4. The van der Waals surface area contributed by atoms with E-state index in [4.69, 9.17) is 0 Å². The number of nitrogens with zero attached hydrogens (tertiary/aromatic N) is 5. The van der Waals surface area contributed by atoms with E-state index in [0.717, 1.165) is 62.7 Å². The molecule has 0 bridgehead atoms. The van der Waals surface area contributed by atoms with Gasteiger partial charge in [0, 0.05) is 32.0 Å². The summed E-state index contributed by atoms with van der Waals surface area (Å²) >= 11 is 0. The van der Waals surface area contributed by atoms with Crippen molar-refractivity contribution in [3.8, 4) is 0 Å². The average Bonchev–Trinajstić information content (AvgIpc) is 3.14. The summed E-state index contributed by atoms with van der Waals surface area (Å²) in [5.41, 5.74) is 1.74. The molecule has 2 aromatic rings. The lowest BCUT2D eigenvalue weighted by Gasteiger charge is -2.32. The quantitative estimate of drug-likeness (QED) is 0.776. The molecule has 1 aromatic heterocycles. The molecule has 1 amide bonds. The third kappa shape index (κ3) is 4.50. The number of piperidine rings is 1. The number of likely N-dealkylation sites (tertiary alicyclic amines) is 1. The Morgan fingerprint density at radius 1 is 1.24 bits per heavy atom. The van der Waals surface area contributed by atoms with E-state index < -0.39 is 0 Å². The molecule has 156 valence electrons. The zero-order chi connectivity index (χ0) is 20.4. The predicted molar refractivity (Wildman–Crippen MR) is 109 cm³/mol. The number of fused-ring (bicyclic) bond motifs is 1. The van der Waals surface area contributed by atoms with Crippen LogP contribution in [0.1, 0.15) is 54.4 Å². The van der Waals surface area contributed by atoms with Gasteiger partial charge in [-0.2, -0.15) is 0 Å². The Balaban J connectivity index is 1.31. The smallest absolute Gasteiger partial charge is 0.223 e. The molecule has 0 radical (unpaired) electrons. The molecular formula is C22H30FN5O. The number of benzene rings is 1. The van der Waals surface area contributed by atoms with Crippen LogP contribution in [0.2, 0.25) is 0 Å². The minimum Gasteiger partial charge on any atom is -0.333 e. The molecule has 1 saturated heterocycles. The monoisotopic (exact) mass is 399 g/mol. The standard InChI is InChI=1S/C22H30FN5O/c1-16-13-17(8-9-19(16)23)5-3-7-21(29)27-11-12-28-20(15-27)24-25-22(28)18-6-4-10-26(2)14-18/h8-9,13,18H,3-7,10-12,14-15H2,1-2H3/t18-/m0/s1. The number of rotatable bonds is 5. The van der Waals surface area contributed by atoms with Gasteiger partial charge in [-0.15, -0.1) is 10.2 Å². The fraction of sp³-hybridized carbons (Fsp3) is 0.591. The van der Waals surface area contributed by atoms with Gasteiger partial charge in [-0.05, 0) is 63.4 Å². The van der Waals surface area contributed by atoms with E-state index in [1.165, 1.54) is 12.5 Å². The van der Waals surface area contributed by atoms with Gasteiger partial charge < -0.3 is 14.4 Å². The first kappa shape index (κ1) is 20.0. The first-order valence-corrected chi connectivity index (χ1v) is 10.6. The molecule has 7 heteroatoms. The number of halogens is 1. The van der Waals surface area contributed by atoms with Crippen LogP contribution < -0.4 is 0 Å². The predicted octanol–water partition coefficient (Wildman–Crippen LogP) is 2.90. The maximum Gasteiger partial charge on any atom is 0.223 e. The lowest BCUT2D eigenvalue weighted by Crippen LogP contribution is -2.39. The van der Waals surface area contributed by atoms with E-state index in [0.29, 0.717) is 24.4 Å². The molecule has 1 atom stereocenters. The highest BCUT2D eigenvalue weighted by Crippen LogP contribution is 2.27. The summed E-state index contributed by atoms with van der Waals surface area (Å²) in [4.78, 5) is 16.9. The van der Waals surface area contributed by atoms with E-state index in [1.807, 2.05) is 11.0 Å². The van der Waals surface area contributed by atoms with Crippen LogP contribution in [0.5, 0.6) is 0 Å². The van der Waals surface area contributed by atoms with E-state index in [2.05, 4.69) is 26.7 Å². The van der Waals surface area contributed by atoms with Crippen LogP contribution in [-0.2, 0) is 24.3 Å². The maximum atomic E-state index is 13.4. The Hall–Kier alpha value is -2.28. The number of likely N-dealkylation sites (N-methyl/N-ethyl adjacent to an activating group) is 1. The number of hydrogen-bond acceptors (Lipinski definition) is 4. The highest BCUT2D eigenvalue weighted by molar-refractivity contribution is 5.76. The van der Waals surface area contributed by atoms with Crippen LogP contribution in [0.15, 0.2) is 18.2 Å². The Morgan fingerprint density at radius 2 is 2.10 bits per heavy atom. The van der Waals surface area contributed by atoms with Gasteiger partial charge in [-0.3, -0.25) is 4.79 Å². The molecule has 1 fully saturated rings. The van der Waals surface area contributed by atoms with Gasteiger partial charge in [0.05, 0.1) is 6.54 Å².